The summed E-state index contributed by atoms with van der Waals surface area (Å²) in [7, 11) is -1.83. The summed E-state index contributed by atoms with van der Waals surface area (Å²) in [6.45, 7) is 9.79. The third-order valence-corrected chi connectivity index (χ3v) is 8.72. The van der Waals surface area contributed by atoms with Crippen LogP contribution in [0, 0.1) is 0 Å². The molecule has 1 aromatic carbocycles. The first-order valence-electron chi connectivity index (χ1n) is 11.3. The van der Waals surface area contributed by atoms with Crippen molar-refractivity contribution in [2.75, 3.05) is 0 Å². The summed E-state index contributed by atoms with van der Waals surface area (Å²) in [4.78, 5) is 42.5. The van der Waals surface area contributed by atoms with E-state index >= 15 is 0 Å². The number of hydrogen-bond donors (Lipinski definition) is 1. The predicted molar refractivity (Wildman–Crippen MR) is 129 cm³/mol. The number of carbonyl (C=O) groups is 2. The first-order valence-corrected chi connectivity index (χ1v) is 14.8. The highest BCUT2D eigenvalue weighted by molar-refractivity contribution is 6.90. The molecule has 0 amide bonds. The highest BCUT2D eigenvalue weighted by Crippen LogP contribution is 2.39. The maximum absolute atomic E-state index is 13.4. The van der Waals surface area contributed by atoms with Gasteiger partial charge in [-0.2, -0.15) is 0 Å². The lowest BCUT2D eigenvalue weighted by Crippen LogP contribution is -2.44. The third-order valence-electron chi connectivity index (χ3n) is 6.70. The fourth-order valence-electron chi connectivity index (χ4n) is 4.89. The van der Waals surface area contributed by atoms with Crippen molar-refractivity contribution in [3.8, 4) is 17.1 Å². The number of fused-ring (bicyclic) bond motifs is 5. The quantitative estimate of drug-likeness (QED) is 0.274. The van der Waals surface area contributed by atoms with Crippen LogP contribution in [0.4, 0.5) is 0 Å². The van der Waals surface area contributed by atoms with E-state index in [0.717, 1.165) is 21.7 Å². The minimum absolute atomic E-state index is 0.0885. The summed E-state index contributed by atoms with van der Waals surface area (Å²) in [5.74, 6) is -0.733. The number of rotatable bonds is 3. The van der Waals surface area contributed by atoms with Gasteiger partial charge in [-0.15, -0.1) is 0 Å². The smallest absolute Gasteiger partial charge is 0.343 e. The first-order chi connectivity index (χ1) is 16.0. The molecular weight excluding hydrogens is 452 g/mol. The average Bonchev–Trinajstić information content (AvgIpc) is 3.12. The van der Waals surface area contributed by atoms with Crippen LogP contribution in [0.25, 0.3) is 22.3 Å². The number of carbonyl (C=O) groups excluding carboxylic acids is 2. The van der Waals surface area contributed by atoms with Crippen molar-refractivity contribution in [1.82, 2.24) is 9.55 Å². The molecule has 0 unspecified atom stereocenters. The number of ether oxygens (including phenoxy) is 2. The third kappa shape index (κ3) is 3.14. The fraction of sp³-hybridized carbons (Fsp3) is 0.360. The Morgan fingerprint density at radius 3 is 2.65 bits per heavy atom. The molecule has 0 radical (unpaired) electrons. The average molecular weight is 479 g/mol. The van der Waals surface area contributed by atoms with Crippen LogP contribution >= 0.6 is 0 Å². The minimum Gasteiger partial charge on any atom is -0.458 e. The number of benzene rings is 1. The van der Waals surface area contributed by atoms with E-state index in [0.29, 0.717) is 17.1 Å². The zero-order chi connectivity index (χ0) is 24.6. The molecule has 0 saturated carbocycles. The summed E-state index contributed by atoms with van der Waals surface area (Å²) >= 11 is 0. The van der Waals surface area contributed by atoms with Gasteiger partial charge in [0, 0.05) is 23.4 Å². The van der Waals surface area contributed by atoms with Gasteiger partial charge in [-0.1, -0.05) is 32.6 Å². The molecule has 1 atom stereocenters. The van der Waals surface area contributed by atoms with Gasteiger partial charge >= 0.3 is 11.9 Å². The van der Waals surface area contributed by atoms with Crippen molar-refractivity contribution in [3.63, 3.8) is 0 Å². The van der Waals surface area contributed by atoms with Crippen LogP contribution in [0.15, 0.2) is 29.1 Å². The predicted octanol–water partition coefficient (Wildman–Crippen LogP) is 2.55. The second kappa shape index (κ2) is 7.35. The van der Waals surface area contributed by atoms with Crippen LogP contribution in [-0.2, 0) is 33.1 Å². The van der Waals surface area contributed by atoms with Crippen molar-refractivity contribution in [2.24, 2.45) is 0 Å². The van der Waals surface area contributed by atoms with E-state index in [9.17, 15) is 19.5 Å². The number of cyclic esters (lactones) is 1. The van der Waals surface area contributed by atoms with E-state index in [2.05, 4.69) is 19.6 Å². The largest absolute Gasteiger partial charge is 0.458 e. The number of hydrogen-bond acceptors (Lipinski definition) is 7. The number of aliphatic hydroxyl groups is 1. The maximum Gasteiger partial charge on any atom is 0.343 e. The Bertz CT molecular complexity index is 1470. The lowest BCUT2D eigenvalue weighted by Gasteiger charge is -2.31. The normalized spacial score (nSPS) is 18.8. The molecule has 3 aromatic rings. The van der Waals surface area contributed by atoms with Crippen molar-refractivity contribution < 1.29 is 24.2 Å². The van der Waals surface area contributed by atoms with E-state index in [-0.39, 0.29) is 36.3 Å². The number of aromatic nitrogens is 2. The Kier molecular flexibility index (Phi) is 4.86. The van der Waals surface area contributed by atoms with Crippen molar-refractivity contribution in [3.05, 3.63) is 51.3 Å². The van der Waals surface area contributed by atoms with Gasteiger partial charge in [0.25, 0.3) is 5.56 Å². The minimum atomic E-state index is -1.87. The number of pyridine rings is 2. The molecule has 1 N–H and O–H groups in total. The lowest BCUT2D eigenvalue weighted by molar-refractivity contribution is -0.172. The molecule has 0 fully saturated rings. The molecule has 5 rings (SSSR count). The molecule has 2 aliphatic heterocycles. The SMILES string of the molecule is CC[C@@]1(O)C(=O)OCc2c1cc1n(c2=O)Cc2cc3c(OC(C)=O)ccc([Si](C)(C)C)c3nc2-1. The summed E-state index contributed by atoms with van der Waals surface area (Å²) in [5, 5.41) is 12.9. The van der Waals surface area contributed by atoms with Gasteiger partial charge in [0.2, 0.25) is 0 Å². The maximum atomic E-state index is 13.4. The van der Waals surface area contributed by atoms with Gasteiger partial charge in [0.1, 0.15) is 12.4 Å². The molecule has 0 saturated heterocycles. The van der Waals surface area contributed by atoms with Crippen molar-refractivity contribution in [2.45, 2.75) is 58.7 Å². The molecule has 4 heterocycles. The van der Waals surface area contributed by atoms with E-state index in [1.165, 1.54) is 6.92 Å². The monoisotopic (exact) mass is 478 g/mol. The van der Waals surface area contributed by atoms with E-state index < -0.39 is 25.6 Å². The van der Waals surface area contributed by atoms with Crippen molar-refractivity contribution >= 4 is 36.1 Å². The van der Waals surface area contributed by atoms with Crippen LogP contribution in [-0.4, -0.2) is 34.7 Å². The fourth-order valence-corrected chi connectivity index (χ4v) is 6.37. The molecular formula is C25H26N2O6Si. The first kappa shape index (κ1) is 22.5. The second-order valence-electron chi connectivity index (χ2n) is 9.95. The van der Waals surface area contributed by atoms with E-state index in [1.54, 1.807) is 17.6 Å². The molecule has 0 spiro atoms. The molecule has 2 aromatic heterocycles. The van der Waals surface area contributed by atoms with Crippen LogP contribution in [0.2, 0.25) is 19.6 Å². The highest BCUT2D eigenvalue weighted by atomic mass is 28.3. The van der Waals surface area contributed by atoms with Crippen LogP contribution in [0.1, 0.15) is 37.0 Å². The van der Waals surface area contributed by atoms with Gasteiger partial charge in [-0.25, -0.2) is 9.78 Å². The zero-order valence-electron chi connectivity index (χ0n) is 19.8. The summed E-state index contributed by atoms with van der Waals surface area (Å²) in [6.07, 6.45) is 0.0885. The molecule has 176 valence electrons. The van der Waals surface area contributed by atoms with Gasteiger partial charge in [-0.05, 0) is 29.8 Å². The second-order valence-corrected chi connectivity index (χ2v) is 15.0. The van der Waals surface area contributed by atoms with E-state index in [1.807, 2.05) is 18.2 Å². The summed E-state index contributed by atoms with van der Waals surface area (Å²) < 4.78 is 12.2. The lowest BCUT2D eigenvalue weighted by atomic mass is 9.86. The molecule has 34 heavy (non-hydrogen) atoms. The molecule has 2 aliphatic rings. The van der Waals surface area contributed by atoms with Gasteiger partial charge < -0.3 is 19.1 Å². The van der Waals surface area contributed by atoms with Crippen molar-refractivity contribution in [1.29, 1.82) is 0 Å². The Morgan fingerprint density at radius 2 is 2.00 bits per heavy atom. The molecule has 9 heteroatoms. The van der Waals surface area contributed by atoms with Gasteiger partial charge in [-0.3, -0.25) is 9.59 Å². The number of nitrogens with zero attached hydrogens (tertiary/aromatic N) is 2. The topological polar surface area (TPSA) is 108 Å². The Morgan fingerprint density at radius 1 is 1.26 bits per heavy atom. The standard InChI is InChI=1S/C25H26N2O6Si/c1-6-25(31)17-10-18-21-14(11-27(18)23(29)16(17)12-32-24(25)30)9-15-19(33-13(2)28)7-8-20(22(15)26-21)34(3,4)5/h7-10,31H,6,11-12H2,1-5H3/t25-/m0/s1. The molecule has 0 aliphatic carbocycles. The molecule has 0 bridgehead atoms. The van der Waals surface area contributed by atoms with Gasteiger partial charge in [0.05, 0.1) is 37.1 Å². The van der Waals surface area contributed by atoms with E-state index in [4.69, 9.17) is 14.5 Å². The van der Waals surface area contributed by atoms with Gasteiger partial charge in [0.15, 0.2) is 5.60 Å². The highest BCUT2D eigenvalue weighted by Gasteiger charge is 2.45. The Labute approximate surface area is 197 Å². The van der Waals surface area contributed by atoms with Crippen LogP contribution < -0.4 is 15.5 Å². The Hall–Kier alpha value is -3.30. The zero-order valence-corrected chi connectivity index (χ0v) is 20.8. The van der Waals surface area contributed by atoms with Crippen LogP contribution in [0.5, 0.6) is 5.75 Å². The summed E-state index contributed by atoms with van der Waals surface area (Å²) in [5.41, 5.74) is 1.13. The van der Waals surface area contributed by atoms with Crippen LogP contribution in [0.3, 0.4) is 0 Å². The number of esters is 2. The molecule has 8 nitrogen and oxygen atoms in total. The Balaban J connectivity index is 1.81. The summed E-state index contributed by atoms with van der Waals surface area (Å²) in [6, 6.07) is 7.41.